The second-order valence-electron chi connectivity index (χ2n) is 5.70. The minimum Gasteiger partial charge on any atom is -0.507 e. The average Bonchev–Trinajstić information content (AvgIpc) is 2.50. The van der Waals surface area contributed by atoms with E-state index in [-0.39, 0.29) is 34.6 Å². The number of aliphatic carboxylic acids is 1. The third-order valence-electron chi connectivity index (χ3n) is 3.29. The molecule has 1 aliphatic carbocycles. The molecule has 7 nitrogen and oxygen atoms in total. The summed E-state index contributed by atoms with van der Waals surface area (Å²) in [5.41, 5.74) is 0.419. The van der Waals surface area contributed by atoms with Crippen LogP contribution in [0.25, 0.3) is 0 Å². The lowest BCUT2D eigenvalue weighted by Gasteiger charge is -2.20. The lowest BCUT2D eigenvalue weighted by atomic mass is 9.85. The number of hydrogen-bond donors (Lipinski definition) is 4. The van der Waals surface area contributed by atoms with E-state index in [9.17, 15) is 24.9 Å². The van der Waals surface area contributed by atoms with Crippen LogP contribution in [0.15, 0.2) is 35.4 Å². The fourth-order valence-corrected chi connectivity index (χ4v) is 2.21. The van der Waals surface area contributed by atoms with Crippen molar-refractivity contribution in [1.82, 2.24) is 0 Å². The molecule has 0 fully saturated rings. The van der Waals surface area contributed by atoms with Crippen LogP contribution in [0.4, 0.5) is 0 Å². The Morgan fingerprint density at radius 1 is 1.08 bits per heavy atom. The molecule has 4 N–H and O–H groups in total. The van der Waals surface area contributed by atoms with Gasteiger partial charge in [0.2, 0.25) is 0 Å². The van der Waals surface area contributed by atoms with Crippen LogP contribution >= 0.6 is 0 Å². The maximum Gasteiger partial charge on any atom is 0.300 e. The first-order valence-corrected chi connectivity index (χ1v) is 7.42. The summed E-state index contributed by atoms with van der Waals surface area (Å²) in [7, 11) is 0. The summed E-state index contributed by atoms with van der Waals surface area (Å²) in [6, 6.07) is 2.29. The molecule has 0 spiro atoms. The summed E-state index contributed by atoms with van der Waals surface area (Å²) in [4.78, 5) is 33.4. The van der Waals surface area contributed by atoms with Crippen molar-refractivity contribution in [3.05, 3.63) is 46.6 Å². The van der Waals surface area contributed by atoms with Crippen LogP contribution in [-0.2, 0) is 4.79 Å². The topological polar surface area (TPSA) is 132 Å². The van der Waals surface area contributed by atoms with Crippen molar-refractivity contribution in [1.29, 1.82) is 0 Å². The summed E-state index contributed by atoms with van der Waals surface area (Å²) in [5, 5.41) is 36.9. The number of carbonyl (C=O) groups excluding carboxylic acids is 2. The van der Waals surface area contributed by atoms with Gasteiger partial charge in [0.05, 0.1) is 17.2 Å². The minimum atomic E-state index is -1.13. The van der Waals surface area contributed by atoms with Crippen molar-refractivity contribution in [3.8, 4) is 11.5 Å². The number of fused-ring (bicyclic) bond motifs is 1. The van der Waals surface area contributed by atoms with Gasteiger partial charge in [-0.05, 0) is 38.5 Å². The van der Waals surface area contributed by atoms with Crippen LogP contribution in [0.2, 0.25) is 0 Å². The zero-order valence-corrected chi connectivity index (χ0v) is 14.1. The van der Waals surface area contributed by atoms with Gasteiger partial charge < -0.3 is 20.4 Å². The maximum absolute atomic E-state index is 12.3. The summed E-state index contributed by atoms with van der Waals surface area (Å²) < 4.78 is 0. The summed E-state index contributed by atoms with van der Waals surface area (Å²) in [6.07, 6.45) is 1.84. The summed E-state index contributed by atoms with van der Waals surface area (Å²) in [5.74, 6) is -2.84. The van der Waals surface area contributed by atoms with E-state index in [0.717, 1.165) is 30.7 Å². The highest BCUT2D eigenvalue weighted by molar-refractivity contribution is 6.26. The number of carbonyl (C=O) groups is 3. The van der Waals surface area contributed by atoms with E-state index in [1.54, 1.807) is 6.08 Å². The van der Waals surface area contributed by atoms with E-state index < -0.39 is 23.6 Å². The number of aliphatic hydroxyl groups is 1. The molecular weight excluding hydrogens is 328 g/mol. The molecule has 0 saturated heterocycles. The van der Waals surface area contributed by atoms with E-state index in [2.05, 4.69) is 0 Å². The monoisotopic (exact) mass is 348 g/mol. The van der Waals surface area contributed by atoms with Crippen molar-refractivity contribution in [2.24, 2.45) is 0 Å². The van der Waals surface area contributed by atoms with Gasteiger partial charge in [-0.3, -0.25) is 14.4 Å². The number of aromatic hydroxyl groups is 2. The Labute approximate surface area is 144 Å². The molecular formula is C18H20O7. The van der Waals surface area contributed by atoms with Crippen molar-refractivity contribution in [3.63, 3.8) is 0 Å². The van der Waals surface area contributed by atoms with Gasteiger partial charge in [0.15, 0.2) is 11.6 Å². The standard InChI is InChI=1S/C16H16O5.C2H4O2/c1-8(2)3-4-10(17)9-7-13(20)14-11(18)5-6-12(19)15(14)16(9)21;1-2(3)4/h3,5-7,10,17-19H,4H2,1-2H3;1H3,(H,3,4). The first-order chi connectivity index (χ1) is 11.6. The van der Waals surface area contributed by atoms with Crippen LogP contribution in [0.3, 0.4) is 0 Å². The minimum absolute atomic E-state index is 0.0779. The SMILES string of the molecule is CC(=O)O.CC(C)=CCC(O)C1=CC(=O)c2c(O)ccc(O)c2C1=O. The normalized spacial score (nSPS) is 13.8. The first kappa shape index (κ1) is 20.1. The molecule has 1 atom stereocenters. The molecule has 25 heavy (non-hydrogen) atoms. The number of phenolic OH excluding ortho intramolecular Hbond substituents is 2. The van der Waals surface area contributed by atoms with Gasteiger partial charge in [0.1, 0.15) is 11.5 Å². The van der Waals surface area contributed by atoms with Crippen molar-refractivity contribution >= 4 is 17.5 Å². The summed E-state index contributed by atoms with van der Waals surface area (Å²) in [6.45, 7) is 4.79. The lowest BCUT2D eigenvalue weighted by Crippen LogP contribution is -2.25. The van der Waals surface area contributed by atoms with Crippen molar-refractivity contribution < 1.29 is 34.8 Å². The molecule has 1 aliphatic rings. The number of carboxylic acids is 1. The molecule has 0 bridgehead atoms. The Bertz CT molecular complexity index is 764. The van der Waals surface area contributed by atoms with Gasteiger partial charge in [0, 0.05) is 12.5 Å². The molecule has 2 rings (SSSR count). The average molecular weight is 348 g/mol. The maximum atomic E-state index is 12.3. The molecule has 7 heteroatoms. The van der Waals surface area contributed by atoms with E-state index in [1.165, 1.54) is 0 Å². The van der Waals surface area contributed by atoms with Crippen LogP contribution in [-0.4, -0.2) is 44.1 Å². The third-order valence-corrected chi connectivity index (χ3v) is 3.29. The number of aliphatic hydroxyl groups excluding tert-OH is 1. The Kier molecular flexibility index (Phi) is 6.64. The Morgan fingerprint density at radius 2 is 1.56 bits per heavy atom. The van der Waals surface area contributed by atoms with Gasteiger partial charge in [-0.2, -0.15) is 0 Å². The largest absolute Gasteiger partial charge is 0.507 e. The fourth-order valence-electron chi connectivity index (χ4n) is 2.21. The predicted molar refractivity (Wildman–Crippen MR) is 89.9 cm³/mol. The number of allylic oxidation sites excluding steroid dienone is 2. The van der Waals surface area contributed by atoms with E-state index >= 15 is 0 Å². The molecule has 134 valence electrons. The number of benzene rings is 1. The molecule has 0 heterocycles. The highest BCUT2D eigenvalue weighted by atomic mass is 16.4. The number of ketones is 2. The van der Waals surface area contributed by atoms with E-state index in [4.69, 9.17) is 9.90 Å². The zero-order valence-electron chi connectivity index (χ0n) is 14.1. The number of carboxylic acid groups (broad SMARTS) is 1. The van der Waals surface area contributed by atoms with Gasteiger partial charge >= 0.3 is 0 Å². The van der Waals surface area contributed by atoms with Gasteiger partial charge in [-0.25, -0.2) is 0 Å². The van der Waals surface area contributed by atoms with Crippen LogP contribution in [0.5, 0.6) is 11.5 Å². The van der Waals surface area contributed by atoms with Gasteiger partial charge in [-0.1, -0.05) is 11.6 Å². The molecule has 1 aromatic carbocycles. The van der Waals surface area contributed by atoms with E-state index in [1.807, 2.05) is 13.8 Å². The van der Waals surface area contributed by atoms with Crippen molar-refractivity contribution in [2.75, 3.05) is 0 Å². The highest BCUT2D eigenvalue weighted by Gasteiger charge is 2.33. The number of Topliss-reactive ketones (excluding diaryl/α,β-unsaturated/α-hetero) is 1. The van der Waals surface area contributed by atoms with E-state index in [0.29, 0.717) is 0 Å². The second kappa shape index (κ2) is 8.25. The molecule has 0 amide bonds. The Balaban J connectivity index is 0.000000705. The molecule has 0 radical (unpaired) electrons. The second-order valence-corrected chi connectivity index (χ2v) is 5.70. The molecule has 0 aliphatic heterocycles. The Hall–Kier alpha value is -2.93. The van der Waals surface area contributed by atoms with Crippen LogP contribution < -0.4 is 0 Å². The lowest BCUT2D eigenvalue weighted by molar-refractivity contribution is -0.134. The molecule has 0 saturated carbocycles. The summed E-state index contributed by atoms with van der Waals surface area (Å²) >= 11 is 0. The number of phenols is 2. The van der Waals surface area contributed by atoms with Gasteiger partial charge in [-0.15, -0.1) is 0 Å². The van der Waals surface area contributed by atoms with Crippen LogP contribution in [0.1, 0.15) is 47.9 Å². The zero-order chi connectivity index (χ0) is 19.3. The number of rotatable bonds is 3. The fraction of sp³-hybridized carbons (Fsp3) is 0.278. The molecule has 1 aromatic rings. The third kappa shape index (κ3) is 5.02. The Morgan fingerprint density at radius 3 is 2.04 bits per heavy atom. The predicted octanol–water partition coefficient (Wildman–Crippen LogP) is 2.21. The number of hydrogen-bond acceptors (Lipinski definition) is 6. The molecule has 0 aromatic heterocycles. The van der Waals surface area contributed by atoms with Crippen molar-refractivity contribution in [2.45, 2.75) is 33.3 Å². The van der Waals surface area contributed by atoms with Crippen LogP contribution in [0, 0.1) is 0 Å². The smallest absolute Gasteiger partial charge is 0.300 e. The first-order valence-electron chi connectivity index (χ1n) is 7.42. The van der Waals surface area contributed by atoms with Gasteiger partial charge in [0.25, 0.3) is 5.97 Å². The highest BCUT2D eigenvalue weighted by Crippen LogP contribution is 2.35. The quantitative estimate of drug-likeness (QED) is 0.486. The molecule has 1 unspecified atom stereocenters.